The zero-order valence-corrected chi connectivity index (χ0v) is 14.3. The molecule has 0 unspecified atom stereocenters. The molecular weight excluding hydrogens is 288 g/mol. The topological polar surface area (TPSA) is 41.6 Å². The van der Waals surface area contributed by atoms with Crippen molar-refractivity contribution in [1.29, 1.82) is 0 Å². The number of aryl methyl sites for hydroxylation is 2. The second kappa shape index (κ2) is 8.25. The Morgan fingerprint density at radius 2 is 1.90 bits per heavy atom. The van der Waals surface area contributed by atoms with Gasteiger partial charge in [-0.25, -0.2) is 0 Å². The van der Waals surface area contributed by atoms with Gasteiger partial charge in [-0.05, 0) is 71.1 Å². The van der Waals surface area contributed by atoms with Gasteiger partial charge in [0.05, 0.1) is 0 Å². The Kier molecular flexibility index (Phi) is 6.99. The number of hydrogen-bond donors (Lipinski definition) is 1. The highest BCUT2D eigenvalue weighted by Crippen LogP contribution is 2.26. The van der Waals surface area contributed by atoms with Crippen LogP contribution in [0.5, 0.6) is 5.75 Å². The third kappa shape index (κ3) is 5.94. The molecule has 21 heavy (non-hydrogen) atoms. The maximum atomic E-state index is 12.0. The minimum absolute atomic E-state index is 0.0981. The van der Waals surface area contributed by atoms with E-state index in [2.05, 4.69) is 10.2 Å². The van der Waals surface area contributed by atoms with Gasteiger partial charge in [-0.15, -0.1) is 0 Å². The molecule has 0 aliphatic carbocycles. The molecule has 1 aromatic carbocycles. The smallest absolute Gasteiger partial charge is 0.260 e. The lowest BCUT2D eigenvalue weighted by Gasteiger charge is -2.16. The lowest BCUT2D eigenvalue weighted by molar-refractivity contribution is -0.127. The lowest BCUT2D eigenvalue weighted by atomic mass is 10.1. The molecule has 1 amide bonds. The first kappa shape index (κ1) is 17.8. The third-order valence-corrected chi connectivity index (χ3v) is 3.77. The van der Waals surface area contributed by atoms with Gasteiger partial charge in [-0.1, -0.05) is 11.6 Å². The van der Waals surface area contributed by atoms with Crippen molar-refractivity contribution in [2.75, 3.05) is 27.2 Å². The quantitative estimate of drug-likeness (QED) is 0.787. The van der Waals surface area contributed by atoms with Gasteiger partial charge in [0.15, 0.2) is 6.10 Å². The van der Waals surface area contributed by atoms with Crippen LogP contribution in [0.1, 0.15) is 24.5 Å². The molecule has 4 nitrogen and oxygen atoms in total. The fourth-order valence-corrected chi connectivity index (χ4v) is 2.09. The Bertz CT molecular complexity index is 466. The Balaban J connectivity index is 2.49. The van der Waals surface area contributed by atoms with Crippen LogP contribution in [0.15, 0.2) is 12.1 Å². The number of ether oxygens (including phenoxy) is 1. The van der Waals surface area contributed by atoms with E-state index in [0.29, 0.717) is 12.3 Å². The van der Waals surface area contributed by atoms with E-state index in [1.165, 1.54) is 0 Å². The van der Waals surface area contributed by atoms with Crippen molar-refractivity contribution in [2.45, 2.75) is 33.3 Å². The molecule has 1 N–H and O–H groups in total. The molecule has 0 bridgehead atoms. The van der Waals surface area contributed by atoms with Crippen LogP contribution in [0.4, 0.5) is 0 Å². The number of benzene rings is 1. The fraction of sp³-hybridized carbons (Fsp3) is 0.562. The highest BCUT2D eigenvalue weighted by atomic mass is 35.5. The van der Waals surface area contributed by atoms with Crippen LogP contribution in [-0.4, -0.2) is 44.1 Å². The summed E-state index contributed by atoms with van der Waals surface area (Å²) in [5.74, 6) is 0.573. The van der Waals surface area contributed by atoms with Crippen LogP contribution in [-0.2, 0) is 4.79 Å². The summed E-state index contributed by atoms with van der Waals surface area (Å²) < 4.78 is 5.69. The number of carbonyl (C=O) groups excluding carboxylic acids is 1. The molecule has 0 aliphatic rings. The summed E-state index contributed by atoms with van der Waals surface area (Å²) in [6.07, 6.45) is 0.397. The van der Waals surface area contributed by atoms with E-state index in [9.17, 15) is 4.79 Å². The third-order valence-electron chi connectivity index (χ3n) is 3.17. The summed E-state index contributed by atoms with van der Waals surface area (Å²) >= 11 is 6.12. The molecule has 0 aromatic heterocycles. The highest BCUT2D eigenvalue weighted by Gasteiger charge is 2.15. The molecule has 0 saturated heterocycles. The van der Waals surface area contributed by atoms with E-state index in [-0.39, 0.29) is 5.91 Å². The first-order valence-corrected chi connectivity index (χ1v) is 7.55. The van der Waals surface area contributed by atoms with E-state index < -0.39 is 6.10 Å². The van der Waals surface area contributed by atoms with Gasteiger partial charge in [0.2, 0.25) is 0 Å². The zero-order chi connectivity index (χ0) is 16.0. The van der Waals surface area contributed by atoms with E-state index >= 15 is 0 Å². The molecule has 0 radical (unpaired) electrons. The van der Waals surface area contributed by atoms with Gasteiger partial charge in [0, 0.05) is 11.6 Å². The first-order chi connectivity index (χ1) is 9.81. The minimum atomic E-state index is -0.524. The number of carbonyl (C=O) groups is 1. The van der Waals surface area contributed by atoms with Gasteiger partial charge in [0.1, 0.15) is 5.75 Å². The summed E-state index contributed by atoms with van der Waals surface area (Å²) in [7, 11) is 4.03. The van der Waals surface area contributed by atoms with Crippen LogP contribution in [0, 0.1) is 13.8 Å². The second-order valence-corrected chi connectivity index (χ2v) is 5.96. The number of hydrogen-bond acceptors (Lipinski definition) is 3. The monoisotopic (exact) mass is 312 g/mol. The molecule has 1 aromatic rings. The predicted octanol–water partition coefficient (Wildman–Crippen LogP) is 2.79. The molecule has 118 valence electrons. The molecule has 1 atom stereocenters. The number of rotatable bonds is 7. The van der Waals surface area contributed by atoms with Crippen molar-refractivity contribution in [3.63, 3.8) is 0 Å². The average Bonchev–Trinajstić information content (AvgIpc) is 2.40. The number of amides is 1. The van der Waals surface area contributed by atoms with Crippen LogP contribution >= 0.6 is 11.6 Å². The molecule has 0 aliphatic heterocycles. The van der Waals surface area contributed by atoms with Crippen molar-refractivity contribution >= 4 is 17.5 Å². The Morgan fingerprint density at radius 1 is 1.33 bits per heavy atom. The maximum Gasteiger partial charge on any atom is 0.260 e. The number of nitrogens with one attached hydrogen (secondary N) is 1. The van der Waals surface area contributed by atoms with E-state index in [4.69, 9.17) is 16.3 Å². The number of halogens is 1. The summed E-state index contributed by atoms with van der Waals surface area (Å²) in [6, 6.07) is 3.70. The maximum absolute atomic E-state index is 12.0. The van der Waals surface area contributed by atoms with Crippen LogP contribution in [0.2, 0.25) is 5.02 Å². The SMILES string of the molecule is Cc1cc(O[C@@H](C)C(=O)NCCCN(C)C)cc(C)c1Cl. The molecule has 0 spiro atoms. The molecule has 0 saturated carbocycles. The van der Waals surface area contributed by atoms with E-state index in [1.807, 2.05) is 40.1 Å². The van der Waals surface area contributed by atoms with Gasteiger partial charge in [-0.2, -0.15) is 0 Å². The van der Waals surface area contributed by atoms with Crippen molar-refractivity contribution in [3.8, 4) is 5.75 Å². The summed E-state index contributed by atoms with van der Waals surface area (Å²) in [4.78, 5) is 14.0. The van der Waals surface area contributed by atoms with Gasteiger partial charge in [0.25, 0.3) is 5.91 Å². The van der Waals surface area contributed by atoms with Crippen LogP contribution in [0.25, 0.3) is 0 Å². The van der Waals surface area contributed by atoms with Crippen molar-refractivity contribution < 1.29 is 9.53 Å². The van der Waals surface area contributed by atoms with Crippen molar-refractivity contribution in [1.82, 2.24) is 10.2 Å². The van der Waals surface area contributed by atoms with Crippen LogP contribution in [0.3, 0.4) is 0 Å². The summed E-state index contributed by atoms with van der Waals surface area (Å²) in [6.45, 7) is 7.21. The predicted molar refractivity (Wildman–Crippen MR) is 87.2 cm³/mol. The summed E-state index contributed by atoms with van der Waals surface area (Å²) in [5.41, 5.74) is 1.90. The standard InChI is InChI=1S/C16H25ClN2O2/c1-11-9-14(10-12(2)15(11)17)21-13(3)16(20)18-7-6-8-19(4)5/h9-10,13H,6-8H2,1-5H3,(H,18,20)/t13-/m0/s1. The van der Waals surface area contributed by atoms with E-state index in [0.717, 1.165) is 29.1 Å². The second-order valence-electron chi connectivity index (χ2n) is 5.58. The highest BCUT2D eigenvalue weighted by molar-refractivity contribution is 6.32. The molecule has 0 fully saturated rings. The Morgan fingerprint density at radius 3 is 2.43 bits per heavy atom. The van der Waals surface area contributed by atoms with Gasteiger partial charge < -0.3 is 15.0 Å². The zero-order valence-electron chi connectivity index (χ0n) is 13.5. The molecule has 0 heterocycles. The average molecular weight is 313 g/mol. The Labute approximate surface area is 132 Å². The molecule has 5 heteroatoms. The van der Waals surface area contributed by atoms with Gasteiger partial charge >= 0.3 is 0 Å². The normalized spacial score (nSPS) is 12.3. The number of nitrogens with zero attached hydrogens (tertiary/aromatic N) is 1. The molecular formula is C16H25ClN2O2. The lowest BCUT2D eigenvalue weighted by Crippen LogP contribution is -2.37. The molecule has 1 rings (SSSR count). The first-order valence-electron chi connectivity index (χ1n) is 7.17. The summed E-state index contributed by atoms with van der Waals surface area (Å²) in [5, 5.41) is 3.62. The van der Waals surface area contributed by atoms with E-state index in [1.54, 1.807) is 6.92 Å². The fourth-order valence-electron chi connectivity index (χ4n) is 1.98. The van der Waals surface area contributed by atoms with Crippen molar-refractivity contribution in [2.24, 2.45) is 0 Å². The van der Waals surface area contributed by atoms with Gasteiger partial charge in [-0.3, -0.25) is 4.79 Å². The van der Waals surface area contributed by atoms with Crippen LogP contribution < -0.4 is 10.1 Å². The Hall–Kier alpha value is -1.26. The largest absolute Gasteiger partial charge is 0.481 e. The van der Waals surface area contributed by atoms with Crippen molar-refractivity contribution in [3.05, 3.63) is 28.3 Å². The minimum Gasteiger partial charge on any atom is -0.481 e.